The summed E-state index contributed by atoms with van der Waals surface area (Å²) in [5, 5.41) is 3.01. The Morgan fingerprint density at radius 1 is 1.20 bits per heavy atom. The number of imidazole rings is 1. The van der Waals surface area contributed by atoms with E-state index in [0.717, 1.165) is 40.5 Å². The Bertz CT molecular complexity index is 736. The number of pyridine rings is 1. The number of hydrogen-bond donors (Lipinski definition) is 2. The van der Waals surface area contributed by atoms with Crippen LogP contribution in [0, 0.1) is 0 Å². The quantitative estimate of drug-likeness (QED) is 0.763. The molecule has 0 fully saturated rings. The molecule has 5 nitrogen and oxygen atoms in total. The number of aromatic nitrogens is 3. The summed E-state index contributed by atoms with van der Waals surface area (Å²) in [6.07, 6.45) is 0.725. The second-order valence-electron chi connectivity index (χ2n) is 4.53. The summed E-state index contributed by atoms with van der Waals surface area (Å²) in [4.78, 5) is 12.2. The molecule has 0 saturated heterocycles. The number of anilines is 1. The van der Waals surface area contributed by atoms with E-state index in [1.807, 2.05) is 37.4 Å². The van der Waals surface area contributed by atoms with Crippen molar-refractivity contribution in [2.45, 2.75) is 6.42 Å². The van der Waals surface area contributed by atoms with Crippen LogP contribution in [0.3, 0.4) is 0 Å². The molecular weight excluding hydrogens is 252 g/mol. The number of hydrogen-bond acceptors (Lipinski definition) is 4. The van der Waals surface area contributed by atoms with Crippen LogP contribution in [-0.4, -0.2) is 29.1 Å². The topological polar surface area (TPSA) is 62.8 Å². The van der Waals surface area contributed by atoms with E-state index in [1.54, 1.807) is 7.11 Å². The SMILES string of the molecule is CNc1ccc2[nH]c(Cc3cccc(OC)c3)nc2n1. The molecular formula is C15H16N4O. The third kappa shape index (κ3) is 2.42. The van der Waals surface area contributed by atoms with E-state index in [2.05, 4.69) is 26.3 Å². The highest BCUT2D eigenvalue weighted by molar-refractivity contribution is 5.72. The van der Waals surface area contributed by atoms with Crippen molar-refractivity contribution in [2.24, 2.45) is 0 Å². The minimum Gasteiger partial charge on any atom is -0.497 e. The zero-order chi connectivity index (χ0) is 13.9. The van der Waals surface area contributed by atoms with Crippen LogP contribution in [0.1, 0.15) is 11.4 Å². The Balaban J connectivity index is 1.90. The molecule has 0 aliphatic heterocycles. The molecule has 0 spiro atoms. The summed E-state index contributed by atoms with van der Waals surface area (Å²) in [7, 11) is 3.52. The van der Waals surface area contributed by atoms with Crippen molar-refractivity contribution in [2.75, 3.05) is 19.5 Å². The highest BCUT2D eigenvalue weighted by Crippen LogP contribution is 2.17. The fourth-order valence-electron chi connectivity index (χ4n) is 2.14. The van der Waals surface area contributed by atoms with Crippen molar-refractivity contribution in [3.05, 3.63) is 47.8 Å². The number of nitrogens with one attached hydrogen (secondary N) is 2. The smallest absolute Gasteiger partial charge is 0.179 e. The standard InChI is InChI=1S/C15H16N4O/c1-16-13-7-6-12-15(18-13)19-14(17-12)9-10-4-3-5-11(8-10)20-2/h3-8H,9H2,1-2H3,(H2,16,17,18,19). The Morgan fingerprint density at radius 2 is 2.10 bits per heavy atom. The molecule has 102 valence electrons. The molecule has 2 N–H and O–H groups in total. The first kappa shape index (κ1) is 12.5. The molecule has 2 heterocycles. The van der Waals surface area contributed by atoms with Gasteiger partial charge in [-0.2, -0.15) is 0 Å². The molecule has 0 atom stereocenters. The van der Waals surface area contributed by atoms with Crippen LogP contribution in [0.5, 0.6) is 5.75 Å². The number of ether oxygens (including phenoxy) is 1. The van der Waals surface area contributed by atoms with Gasteiger partial charge in [-0.25, -0.2) is 9.97 Å². The average Bonchev–Trinajstić information content (AvgIpc) is 2.88. The van der Waals surface area contributed by atoms with Gasteiger partial charge in [0.05, 0.1) is 12.6 Å². The summed E-state index contributed by atoms with van der Waals surface area (Å²) in [6, 6.07) is 11.9. The van der Waals surface area contributed by atoms with Gasteiger partial charge in [0.2, 0.25) is 0 Å². The summed E-state index contributed by atoms with van der Waals surface area (Å²) < 4.78 is 5.23. The molecule has 5 heteroatoms. The van der Waals surface area contributed by atoms with Gasteiger partial charge in [-0.15, -0.1) is 0 Å². The van der Waals surface area contributed by atoms with Crippen molar-refractivity contribution in [1.29, 1.82) is 0 Å². The lowest BCUT2D eigenvalue weighted by molar-refractivity contribution is 0.414. The van der Waals surface area contributed by atoms with E-state index >= 15 is 0 Å². The predicted molar refractivity (Wildman–Crippen MR) is 79.2 cm³/mol. The number of rotatable bonds is 4. The summed E-state index contributed by atoms with van der Waals surface area (Å²) >= 11 is 0. The van der Waals surface area contributed by atoms with Crippen LogP contribution in [0.4, 0.5) is 5.82 Å². The van der Waals surface area contributed by atoms with Crippen LogP contribution < -0.4 is 10.1 Å². The number of fused-ring (bicyclic) bond motifs is 1. The van der Waals surface area contributed by atoms with Crippen molar-refractivity contribution >= 4 is 17.0 Å². The molecule has 0 radical (unpaired) electrons. The molecule has 0 bridgehead atoms. The highest BCUT2D eigenvalue weighted by Gasteiger charge is 2.06. The normalized spacial score (nSPS) is 10.7. The van der Waals surface area contributed by atoms with Crippen molar-refractivity contribution in [3.63, 3.8) is 0 Å². The summed E-state index contributed by atoms with van der Waals surface area (Å²) in [5.74, 6) is 2.57. The third-order valence-electron chi connectivity index (χ3n) is 3.16. The highest BCUT2D eigenvalue weighted by atomic mass is 16.5. The van der Waals surface area contributed by atoms with Crippen molar-refractivity contribution < 1.29 is 4.74 Å². The van der Waals surface area contributed by atoms with E-state index in [0.29, 0.717) is 0 Å². The lowest BCUT2D eigenvalue weighted by Crippen LogP contribution is -1.92. The zero-order valence-corrected chi connectivity index (χ0v) is 11.5. The van der Waals surface area contributed by atoms with E-state index in [4.69, 9.17) is 4.74 Å². The Morgan fingerprint density at radius 3 is 2.90 bits per heavy atom. The van der Waals surface area contributed by atoms with Crippen LogP contribution in [0.25, 0.3) is 11.2 Å². The molecule has 3 rings (SSSR count). The van der Waals surface area contributed by atoms with Crippen LogP contribution in [-0.2, 0) is 6.42 Å². The molecule has 0 amide bonds. The first-order chi connectivity index (χ1) is 9.78. The zero-order valence-electron chi connectivity index (χ0n) is 11.5. The second kappa shape index (κ2) is 5.21. The molecule has 1 aromatic carbocycles. The molecule has 20 heavy (non-hydrogen) atoms. The molecule has 0 saturated carbocycles. The van der Waals surface area contributed by atoms with Gasteiger partial charge in [0.1, 0.15) is 17.4 Å². The van der Waals surface area contributed by atoms with E-state index in [9.17, 15) is 0 Å². The molecule has 2 aromatic heterocycles. The van der Waals surface area contributed by atoms with Gasteiger partial charge in [-0.1, -0.05) is 12.1 Å². The largest absolute Gasteiger partial charge is 0.497 e. The van der Waals surface area contributed by atoms with Crippen molar-refractivity contribution in [1.82, 2.24) is 15.0 Å². The maximum absolute atomic E-state index is 5.23. The summed E-state index contributed by atoms with van der Waals surface area (Å²) in [6.45, 7) is 0. The number of nitrogens with zero attached hydrogens (tertiary/aromatic N) is 2. The first-order valence-corrected chi connectivity index (χ1v) is 6.45. The van der Waals surface area contributed by atoms with Crippen LogP contribution in [0.15, 0.2) is 36.4 Å². The maximum Gasteiger partial charge on any atom is 0.179 e. The molecule has 0 unspecified atom stereocenters. The molecule has 0 aliphatic carbocycles. The Labute approximate surface area is 117 Å². The van der Waals surface area contributed by atoms with Crippen LogP contribution >= 0.6 is 0 Å². The minimum atomic E-state index is 0.725. The Kier molecular flexibility index (Phi) is 3.25. The van der Waals surface area contributed by atoms with E-state index in [-0.39, 0.29) is 0 Å². The first-order valence-electron chi connectivity index (χ1n) is 6.45. The fraction of sp³-hybridized carbons (Fsp3) is 0.200. The Hall–Kier alpha value is -2.56. The second-order valence-corrected chi connectivity index (χ2v) is 4.53. The molecule has 3 aromatic rings. The number of H-pyrrole nitrogens is 1. The van der Waals surface area contributed by atoms with Crippen molar-refractivity contribution in [3.8, 4) is 5.75 Å². The van der Waals surface area contributed by atoms with Gasteiger partial charge in [0, 0.05) is 13.5 Å². The summed E-state index contributed by atoms with van der Waals surface area (Å²) in [5.41, 5.74) is 2.83. The van der Waals surface area contributed by atoms with E-state index in [1.165, 1.54) is 0 Å². The number of benzene rings is 1. The van der Waals surface area contributed by atoms with Gasteiger partial charge in [-0.05, 0) is 29.8 Å². The van der Waals surface area contributed by atoms with Crippen LogP contribution in [0.2, 0.25) is 0 Å². The average molecular weight is 268 g/mol. The lowest BCUT2D eigenvalue weighted by atomic mass is 10.1. The lowest BCUT2D eigenvalue weighted by Gasteiger charge is -2.02. The third-order valence-corrected chi connectivity index (χ3v) is 3.16. The van der Waals surface area contributed by atoms with Gasteiger partial charge < -0.3 is 15.0 Å². The minimum absolute atomic E-state index is 0.725. The van der Waals surface area contributed by atoms with Gasteiger partial charge in [0.25, 0.3) is 0 Å². The number of methoxy groups -OCH3 is 1. The van der Waals surface area contributed by atoms with Gasteiger partial charge in [-0.3, -0.25) is 0 Å². The maximum atomic E-state index is 5.23. The van der Waals surface area contributed by atoms with Gasteiger partial charge >= 0.3 is 0 Å². The molecule has 0 aliphatic rings. The van der Waals surface area contributed by atoms with Gasteiger partial charge in [0.15, 0.2) is 5.65 Å². The predicted octanol–water partition coefficient (Wildman–Crippen LogP) is 2.60. The number of aromatic amines is 1. The van der Waals surface area contributed by atoms with E-state index < -0.39 is 0 Å². The fourth-order valence-corrected chi connectivity index (χ4v) is 2.14. The monoisotopic (exact) mass is 268 g/mol.